The number of carbonyl (C=O) groups excluding carboxylic acids is 2. The van der Waals surface area contributed by atoms with Gasteiger partial charge in [-0.2, -0.15) is 0 Å². The van der Waals surface area contributed by atoms with Crippen molar-refractivity contribution in [2.75, 3.05) is 21.2 Å². The molecule has 3 aromatic carbocycles. The van der Waals surface area contributed by atoms with E-state index in [1.54, 1.807) is 33.0 Å². The van der Waals surface area contributed by atoms with Crippen molar-refractivity contribution in [3.05, 3.63) is 107 Å². The summed E-state index contributed by atoms with van der Waals surface area (Å²) < 4.78 is 13.0. The molecule has 1 atom stereocenters. The normalized spacial score (nSPS) is 11.7. The van der Waals surface area contributed by atoms with E-state index in [1.165, 1.54) is 5.56 Å². The Kier molecular flexibility index (Phi) is 10.1. The molecule has 4 aromatic rings. The number of aryl methyl sites for hydroxylation is 3. The number of hydrogen-bond acceptors (Lipinski definition) is 5. The largest absolute Gasteiger partial charge is 0.497 e. The average Bonchev–Trinajstić information content (AvgIpc) is 3.42. The summed E-state index contributed by atoms with van der Waals surface area (Å²) in [6, 6.07) is 23.6. The number of rotatable bonds is 13. The van der Waals surface area contributed by atoms with Crippen LogP contribution in [0.5, 0.6) is 5.75 Å². The minimum Gasteiger partial charge on any atom is -0.497 e. The van der Waals surface area contributed by atoms with Gasteiger partial charge in [-0.05, 0) is 68.5 Å². The maximum atomic E-state index is 13.5. The Morgan fingerprint density at radius 2 is 1.66 bits per heavy atom. The monoisotopic (exact) mass is 553 g/mol. The van der Waals surface area contributed by atoms with E-state index in [1.807, 2.05) is 78.4 Å². The zero-order valence-corrected chi connectivity index (χ0v) is 24.6. The van der Waals surface area contributed by atoms with E-state index in [0.29, 0.717) is 24.5 Å². The molecular formula is C34H39N3O4. The molecule has 0 unspecified atom stereocenters. The van der Waals surface area contributed by atoms with Crippen molar-refractivity contribution >= 4 is 11.7 Å². The highest BCUT2D eigenvalue weighted by molar-refractivity contribution is 6.07. The Hall–Kier alpha value is -4.23. The Morgan fingerprint density at radius 3 is 2.34 bits per heavy atom. The third kappa shape index (κ3) is 7.92. The van der Waals surface area contributed by atoms with E-state index in [-0.39, 0.29) is 11.7 Å². The summed E-state index contributed by atoms with van der Waals surface area (Å²) in [6.07, 6.45) is 4.23. The van der Waals surface area contributed by atoms with Crippen LogP contribution in [0.1, 0.15) is 52.6 Å². The van der Waals surface area contributed by atoms with Crippen LogP contribution >= 0.6 is 0 Å². The quantitative estimate of drug-likeness (QED) is 0.147. The molecule has 1 heterocycles. The van der Waals surface area contributed by atoms with Crippen LogP contribution in [0, 0.1) is 6.92 Å². The molecule has 0 aliphatic carbocycles. The average molecular weight is 554 g/mol. The summed E-state index contributed by atoms with van der Waals surface area (Å²) in [5.41, 5.74) is 5.70. The van der Waals surface area contributed by atoms with Gasteiger partial charge >= 0.3 is 0 Å². The molecule has 0 spiro atoms. The molecule has 1 aromatic heterocycles. The Morgan fingerprint density at radius 1 is 0.951 bits per heavy atom. The summed E-state index contributed by atoms with van der Waals surface area (Å²) in [7, 11) is 5.10. The predicted octanol–water partition coefficient (Wildman–Crippen LogP) is 6.11. The molecule has 0 aliphatic rings. The molecule has 0 saturated carbocycles. The van der Waals surface area contributed by atoms with Crippen molar-refractivity contribution in [1.82, 2.24) is 14.5 Å². The number of unbranched alkanes of at least 4 members (excludes halogenated alkanes) is 1. The van der Waals surface area contributed by atoms with Crippen molar-refractivity contribution in [2.24, 2.45) is 0 Å². The molecule has 0 aliphatic heterocycles. The maximum Gasteiger partial charge on any atom is 0.250 e. The van der Waals surface area contributed by atoms with Gasteiger partial charge in [0, 0.05) is 38.0 Å². The van der Waals surface area contributed by atoms with Gasteiger partial charge in [-0.15, -0.1) is 0 Å². The van der Waals surface area contributed by atoms with Gasteiger partial charge in [-0.3, -0.25) is 9.59 Å². The SMILES string of the molecule is COc1ccc(-c2cn(CCCCc3cccc(CO[C@H](C)C(=O)N(C)C)c3)c(C(=O)c3ccc(C)cc3)n2)cc1. The van der Waals surface area contributed by atoms with Crippen LogP contribution in [0.3, 0.4) is 0 Å². The summed E-state index contributed by atoms with van der Waals surface area (Å²) in [4.78, 5) is 31.8. The third-order valence-electron chi connectivity index (χ3n) is 7.07. The Bertz CT molecular complexity index is 1460. The van der Waals surface area contributed by atoms with Crippen molar-refractivity contribution in [2.45, 2.75) is 52.4 Å². The number of aromatic nitrogens is 2. The van der Waals surface area contributed by atoms with Crippen LogP contribution in [0.2, 0.25) is 0 Å². The second-order valence-corrected chi connectivity index (χ2v) is 10.5. The first-order valence-corrected chi connectivity index (χ1v) is 14.0. The highest BCUT2D eigenvalue weighted by atomic mass is 16.5. The molecule has 0 N–H and O–H groups in total. The molecular weight excluding hydrogens is 514 g/mol. The van der Waals surface area contributed by atoms with E-state index in [4.69, 9.17) is 14.5 Å². The molecule has 0 saturated heterocycles. The number of amides is 1. The fourth-order valence-electron chi connectivity index (χ4n) is 4.64. The summed E-state index contributed by atoms with van der Waals surface area (Å²) in [6.45, 7) is 4.86. The lowest BCUT2D eigenvalue weighted by Gasteiger charge is -2.17. The fourth-order valence-corrected chi connectivity index (χ4v) is 4.64. The second kappa shape index (κ2) is 13.9. The number of benzene rings is 3. The Labute approximate surface area is 242 Å². The van der Waals surface area contributed by atoms with Crippen LogP contribution < -0.4 is 4.74 Å². The first kappa shape index (κ1) is 29.7. The van der Waals surface area contributed by atoms with E-state index in [0.717, 1.165) is 47.4 Å². The van der Waals surface area contributed by atoms with E-state index < -0.39 is 6.10 Å². The molecule has 0 radical (unpaired) electrons. The van der Waals surface area contributed by atoms with Gasteiger partial charge in [0.25, 0.3) is 5.91 Å². The van der Waals surface area contributed by atoms with Crippen molar-refractivity contribution in [3.8, 4) is 17.0 Å². The first-order chi connectivity index (χ1) is 19.7. The van der Waals surface area contributed by atoms with Gasteiger partial charge in [0.2, 0.25) is 5.78 Å². The lowest BCUT2D eigenvalue weighted by Crippen LogP contribution is -2.33. The van der Waals surface area contributed by atoms with Crippen LogP contribution in [0.25, 0.3) is 11.3 Å². The summed E-state index contributed by atoms with van der Waals surface area (Å²) in [5, 5.41) is 0. The topological polar surface area (TPSA) is 73.7 Å². The van der Waals surface area contributed by atoms with Gasteiger partial charge in [0.1, 0.15) is 11.9 Å². The number of likely N-dealkylation sites (N-methyl/N-ethyl adjacent to an activating group) is 1. The molecule has 7 heteroatoms. The molecule has 7 nitrogen and oxygen atoms in total. The molecule has 41 heavy (non-hydrogen) atoms. The highest BCUT2D eigenvalue weighted by Crippen LogP contribution is 2.24. The number of nitrogens with zero attached hydrogens (tertiary/aromatic N) is 3. The number of ether oxygens (including phenoxy) is 2. The predicted molar refractivity (Wildman–Crippen MR) is 161 cm³/mol. The zero-order valence-electron chi connectivity index (χ0n) is 24.6. The van der Waals surface area contributed by atoms with Gasteiger partial charge in [-0.25, -0.2) is 4.98 Å². The fraction of sp³-hybridized carbons (Fsp3) is 0.324. The highest BCUT2D eigenvalue weighted by Gasteiger charge is 2.19. The Balaban J connectivity index is 1.42. The number of hydrogen-bond donors (Lipinski definition) is 0. The zero-order chi connectivity index (χ0) is 29.4. The number of ketones is 1. The van der Waals surface area contributed by atoms with Crippen molar-refractivity contribution in [1.29, 1.82) is 0 Å². The lowest BCUT2D eigenvalue weighted by atomic mass is 10.1. The summed E-state index contributed by atoms with van der Waals surface area (Å²) in [5.74, 6) is 1.09. The number of methoxy groups -OCH3 is 1. The maximum absolute atomic E-state index is 13.5. The lowest BCUT2D eigenvalue weighted by molar-refractivity contribution is -0.140. The molecule has 0 fully saturated rings. The van der Waals surface area contributed by atoms with E-state index in [9.17, 15) is 9.59 Å². The molecule has 1 amide bonds. The molecule has 0 bridgehead atoms. The van der Waals surface area contributed by atoms with Crippen molar-refractivity contribution < 1.29 is 19.1 Å². The number of carbonyl (C=O) groups is 2. The van der Waals surface area contributed by atoms with Crippen molar-refractivity contribution in [3.63, 3.8) is 0 Å². The number of imidazole rings is 1. The minimum absolute atomic E-state index is 0.0453. The van der Waals surface area contributed by atoms with Crippen LogP contribution in [-0.4, -0.2) is 53.5 Å². The van der Waals surface area contributed by atoms with Crippen LogP contribution in [0.15, 0.2) is 79.0 Å². The minimum atomic E-state index is -0.483. The van der Waals surface area contributed by atoms with E-state index >= 15 is 0 Å². The summed E-state index contributed by atoms with van der Waals surface area (Å²) >= 11 is 0. The smallest absolute Gasteiger partial charge is 0.250 e. The molecule has 4 rings (SSSR count). The van der Waals surface area contributed by atoms with Gasteiger partial charge in [-0.1, -0.05) is 54.1 Å². The van der Waals surface area contributed by atoms with Crippen LogP contribution in [0.4, 0.5) is 0 Å². The van der Waals surface area contributed by atoms with E-state index in [2.05, 4.69) is 12.1 Å². The first-order valence-electron chi connectivity index (χ1n) is 14.0. The second-order valence-electron chi connectivity index (χ2n) is 10.5. The standard InChI is InChI=1S/C34H39N3O4/c1-24-12-14-29(15-13-24)32(38)33-35-31(28-16-18-30(40-5)19-17-28)22-37(33)20-7-6-9-26-10-8-11-27(21-26)23-41-25(2)34(39)36(3)4/h8,10-19,21-22,25H,6-7,9,20,23H2,1-5H3/t25-/m1/s1. The van der Waals surface area contributed by atoms with Gasteiger partial charge in [0.05, 0.1) is 19.4 Å². The van der Waals surface area contributed by atoms with Gasteiger partial charge < -0.3 is 18.9 Å². The van der Waals surface area contributed by atoms with Gasteiger partial charge in [0.15, 0.2) is 5.82 Å². The molecule has 214 valence electrons. The third-order valence-corrected chi connectivity index (χ3v) is 7.07. The van der Waals surface area contributed by atoms with Crippen LogP contribution in [-0.2, 0) is 29.1 Å².